The zero-order valence-electron chi connectivity index (χ0n) is 14.1. The normalized spacial score (nSPS) is 54.1. The molecule has 2 unspecified atom stereocenters. The summed E-state index contributed by atoms with van der Waals surface area (Å²) in [5.41, 5.74) is 0.687. The quantitative estimate of drug-likeness (QED) is 0.782. The summed E-state index contributed by atoms with van der Waals surface area (Å²) in [5.74, 6) is 3.20. The Labute approximate surface area is 134 Å². The van der Waals surface area contributed by atoms with Crippen molar-refractivity contribution in [3.05, 3.63) is 0 Å². The molecule has 2 N–H and O–H groups in total. The van der Waals surface area contributed by atoms with Crippen molar-refractivity contribution >= 4 is 5.91 Å². The van der Waals surface area contributed by atoms with E-state index in [4.69, 9.17) is 0 Å². The van der Waals surface area contributed by atoms with Crippen LogP contribution in [-0.4, -0.2) is 23.7 Å². The standard InChI is InChI=1S/C19H31NO2/c1-18-9-7-15-13(14(18)5-3-12(18)11-21)4-6-16-19(15,2)10-8-17(22)20-16/h12-16,21H,3-11H2,1-2H3,(H,20,22)/t12?,13-,14-,15+,16?,18+,19+/m0/s1. The molecule has 3 aliphatic carbocycles. The summed E-state index contributed by atoms with van der Waals surface area (Å²) >= 11 is 0. The Morgan fingerprint density at radius 2 is 1.82 bits per heavy atom. The Morgan fingerprint density at radius 1 is 1.05 bits per heavy atom. The molecule has 22 heavy (non-hydrogen) atoms. The Balaban J connectivity index is 1.62. The van der Waals surface area contributed by atoms with Gasteiger partial charge in [-0.25, -0.2) is 0 Å². The smallest absolute Gasteiger partial charge is 0.220 e. The third-order valence-corrected chi connectivity index (χ3v) is 8.51. The number of nitrogens with one attached hydrogen (secondary N) is 1. The first-order valence-corrected chi connectivity index (χ1v) is 9.39. The Hall–Kier alpha value is -0.570. The lowest BCUT2D eigenvalue weighted by molar-refractivity contribution is -0.137. The lowest BCUT2D eigenvalue weighted by Crippen LogP contribution is -2.61. The number of fused-ring (bicyclic) bond motifs is 5. The number of amides is 1. The van der Waals surface area contributed by atoms with E-state index in [0.717, 1.165) is 30.6 Å². The summed E-state index contributed by atoms with van der Waals surface area (Å²) < 4.78 is 0. The lowest BCUT2D eigenvalue weighted by atomic mass is 9.47. The van der Waals surface area contributed by atoms with Crippen molar-refractivity contribution < 1.29 is 9.90 Å². The molecule has 4 fully saturated rings. The predicted molar refractivity (Wildman–Crippen MR) is 86.1 cm³/mol. The molecule has 3 saturated carbocycles. The third-order valence-electron chi connectivity index (χ3n) is 8.51. The predicted octanol–water partition coefficient (Wildman–Crippen LogP) is 3.12. The first-order valence-electron chi connectivity index (χ1n) is 9.39. The van der Waals surface area contributed by atoms with Gasteiger partial charge in [0, 0.05) is 19.1 Å². The first kappa shape index (κ1) is 15.0. The fraction of sp³-hybridized carbons (Fsp3) is 0.947. The topological polar surface area (TPSA) is 49.3 Å². The number of hydrogen-bond donors (Lipinski definition) is 2. The number of carbonyl (C=O) groups is 1. The summed E-state index contributed by atoms with van der Waals surface area (Å²) in [4.78, 5) is 11.8. The van der Waals surface area contributed by atoms with Gasteiger partial charge in [0.25, 0.3) is 0 Å². The minimum atomic E-state index is 0.266. The van der Waals surface area contributed by atoms with Crippen LogP contribution in [-0.2, 0) is 4.79 Å². The van der Waals surface area contributed by atoms with E-state index in [-0.39, 0.29) is 5.91 Å². The average Bonchev–Trinajstić information content (AvgIpc) is 2.84. The third kappa shape index (κ3) is 1.87. The van der Waals surface area contributed by atoms with Gasteiger partial charge in [0.15, 0.2) is 0 Å². The minimum absolute atomic E-state index is 0.266. The SMILES string of the molecule is C[C@]12CCC(=O)NC1CC[C@@H]1[C@H]2CC[C@]2(C)C(CO)CC[C@@H]12. The van der Waals surface area contributed by atoms with Gasteiger partial charge in [-0.05, 0) is 79.4 Å². The van der Waals surface area contributed by atoms with Crippen LogP contribution >= 0.6 is 0 Å². The van der Waals surface area contributed by atoms with E-state index >= 15 is 0 Å². The fourth-order valence-electron chi connectivity index (χ4n) is 7.11. The van der Waals surface area contributed by atoms with E-state index < -0.39 is 0 Å². The van der Waals surface area contributed by atoms with Gasteiger partial charge in [-0.15, -0.1) is 0 Å². The maximum Gasteiger partial charge on any atom is 0.220 e. The second-order valence-corrected chi connectivity index (χ2v) is 9.08. The molecular weight excluding hydrogens is 274 g/mol. The summed E-state index contributed by atoms with van der Waals surface area (Å²) in [6, 6.07) is 0.411. The highest BCUT2D eigenvalue weighted by molar-refractivity contribution is 5.77. The van der Waals surface area contributed by atoms with Gasteiger partial charge in [-0.3, -0.25) is 4.79 Å². The number of piperidine rings is 1. The van der Waals surface area contributed by atoms with Gasteiger partial charge in [-0.2, -0.15) is 0 Å². The van der Waals surface area contributed by atoms with Crippen molar-refractivity contribution in [3.8, 4) is 0 Å². The average molecular weight is 305 g/mol. The molecule has 1 heterocycles. The van der Waals surface area contributed by atoms with E-state index in [2.05, 4.69) is 19.2 Å². The van der Waals surface area contributed by atoms with E-state index in [9.17, 15) is 9.90 Å². The molecular formula is C19H31NO2. The van der Waals surface area contributed by atoms with Crippen LogP contribution < -0.4 is 5.32 Å². The summed E-state index contributed by atoms with van der Waals surface area (Å²) in [6.45, 7) is 5.29. The van der Waals surface area contributed by atoms with Gasteiger partial charge in [-0.1, -0.05) is 13.8 Å². The van der Waals surface area contributed by atoms with E-state index in [1.807, 2.05) is 0 Å². The molecule has 1 aliphatic heterocycles. The Kier molecular flexibility index (Phi) is 3.38. The molecule has 3 nitrogen and oxygen atoms in total. The van der Waals surface area contributed by atoms with E-state index in [1.54, 1.807) is 0 Å². The van der Waals surface area contributed by atoms with Crippen LogP contribution in [0.25, 0.3) is 0 Å². The summed E-state index contributed by atoms with van der Waals surface area (Å²) in [7, 11) is 0. The molecule has 0 aromatic carbocycles. The van der Waals surface area contributed by atoms with Crippen molar-refractivity contribution in [1.29, 1.82) is 0 Å². The monoisotopic (exact) mass is 305 g/mol. The van der Waals surface area contributed by atoms with Crippen LogP contribution in [0.15, 0.2) is 0 Å². The van der Waals surface area contributed by atoms with Crippen molar-refractivity contribution in [1.82, 2.24) is 5.32 Å². The zero-order valence-corrected chi connectivity index (χ0v) is 14.1. The second kappa shape index (κ2) is 4.96. The molecule has 3 heteroatoms. The summed E-state index contributed by atoms with van der Waals surface area (Å²) in [5, 5.41) is 13.1. The van der Waals surface area contributed by atoms with E-state index in [0.29, 0.717) is 29.4 Å². The van der Waals surface area contributed by atoms with Gasteiger partial charge >= 0.3 is 0 Å². The van der Waals surface area contributed by atoms with Crippen LogP contribution in [0.3, 0.4) is 0 Å². The van der Waals surface area contributed by atoms with E-state index in [1.165, 1.54) is 38.5 Å². The molecule has 0 aromatic rings. The van der Waals surface area contributed by atoms with Gasteiger partial charge in [0.1, 0.15) is 0 Å². The molecule has 7 atom stereocenters. The van der Waals surface area contributed by atoms with Crippen LogP contribution in [0, 0.1) is 34.5 Å². The highest BCUT2D eigenvalue weighted by atomic mass is 16.3. The highest BCUT2D eigenvalue weighted by Crippen LogP contribution is 2.65. The largest absolute Gasteiger partial charge is 0.396 e. The molecule has 0 bridgehead atoms. The molecule has 0 spiro atoms. The van der Waals surface area contributed by atoms with Gasteiger partial charge in [0.2, 0.25) is 5.91 Å². The molecule has 4 aliphatic rings. The maximum absolute atomic E-state index is 11.8. The van der Waals surface area contributed by atoms with Crippen molar-refractivity contribution in [2.75, 3.05) is 6.61 Å². The second-order valence-electron chi connectivity index (χ2n) is 9.08. The number of carbonyl (C=O) groups excluding carboxylic acids is 1. The molecule has 0 aromatic heterocycles. The Bertz CT molecular complexity index is 478. The van der Waals surface area contributed by atoms with Gasteiger partial charge < -0.3 is 10.4 Å². The molecule has 0 radical (unpaired) electrons. The van der Waals surface area contributed by atoms with Crippen molar-refractivity contribution in [2.24, 2.45) is 34.5 Å². The van der Waals surface area contributed by atoms with Crippen molar-refractivity contribution in [2.45, 2.75) is 71.3 Å². The first-order chi connectivity index (χ1) is 10.5. The molecule has 1 saturated heterocycles. The number of hydrogen-bond acceptors (Lipinski definition) is 2. The minimum Gasteiger partial charge on any atom is -0.396 e. The fourth-order valence-corrected chi connectivity index (χ4v) is 7.11. The molecule has 124 valence electrons. The highest BCUT2D eigenvalue weighted by Gasteiger charge is 2.60. The number of aliphatic hydroxyl groups excluding tert-OH is 1. The molecule has 4 rings (SSSR count). The van der Waals surface area contributed by atoms with Crippen LogP contribution in [0.5, 0.6) is 0 Å². The van der Waals surface area contributed by atoms with Crippen molar-refractivity contribution in [3.63, 3.8) is 0 Å². The molecule has 1 amide bonds. The van der Waals surface area contributed by atoms with Crippen LogP contribution in [0.4, 0.5) is 0 Å². The number of rotatable bonds is 1. The van der Waals surface area contributed by atoms with Crippen LogP contribution in [0.2, 0.25) is 0 Å². The zero-order chi connectivity index (χ0) is 15.5. The van der Waals surface area contributed by atoms with Crippen LogP contribution in [0.1, 0.15) is 65.2 Å². The lowest BCUT2D eigenvalue weighted by Gasteiger charge is -2.60. The maximum atomic E-state index is 11.8. The number of aliphatic hydroxyl groups is 1. The van der Waals surface area contributed by atoms with Gasteiger partial charge in [0.05, 0.1) is 0 Å². The summed E-state index contributed by atoms with van der Waals surface area (Å²) in [6.07, 6.45) is 9.36. The Morgan fingerprint density at radius 3 is 2.59 bits per heavy atom.